The van der Waals surface area contributed by atoms with Gasteiger partial charge in [0.05, 0.1) is 15.9 Å². The van der Waals surface area contributed by atoms with Gasteiger partial charge in [0.2, 0.25) is 5.91 Å². The summed E-state index contributed by atoms with van der Waals surface area (Å²) in [5.74, 6) is -0.710. The highest BCUT2D eigenvalue weighted by Gasteiger charge is 2.51. The highest BCUT2D eigenvalue weighted by molar-refractivity contribution is 6.36. The minimum atomic E-state index is -0.625. The number of amides is 1. The Balaban J connectivity index is 1.43. The molecule has 2 aromatic heterocycles. The summed E-state index contributed by atoms with van der Waals surface area (Å²) in [6.45, 7) is 5.58. The van der Waals surface area contributed by atoms with Crippen molar-refractivity contribution in [2.24, 2.45) is 0 Å². The molecule has 0 aliphatic carbocycles. The fourth-order valence-corrected chi connectivity index (χ4v) is 5.65. The van der Waals surface area contributed by atoms with E-state index in [0.717, 1.165) is 12.8 Å². The summed E-state index contributed by atoms with van der Waals surface area (Å²) in [6, 6.07) is 8.09. The quantitative estimate of drug-likeness (QED) is 0.371. The summed E-state index contributed by atoms with van der Waals surface area (Å²) in [4.78, 5) is 29.2. The monoisotopic (exact) mass is 491 g/mol. The van der Waals surface area contributed by atoms with Crippen LogP contribution >= 0.6 is 11.6 Å². The van der Waals surface area contributed by atoms with Crippen molar-refractivity contribution in [2.75, 3.05) is 24.5 Å². The summed E-state index contributed by atoms with van der Waals surface area (Å²) in [6.07, 6.45) is 5.93. The molecule has 176 valence electrons. The largest absolute Gasteiger partial charge is 0.354 e. The third-order valence-electron chi connectivity index (χ3n) is 7.24. The maximum atomic E-state index is 15.9. The molecule has 6 rings (SSSR count). The van der Waals surface area contributed by atoms with E-state index in [1.54, 1.807) is 30.5 Å². The van der Waals surface area contributed by atoms with E-state index < -0.39 is 11.6 Å². The Kier molecular flexibility index (Phi) is 4.96. The molecule has 6 nitrogen and oxygen atoms in total. The van der Waals surface area contributed by atoms with E-state index in [4.69, 9.17) is 11.6 Å². The summed E-state index contributed by atoms with van der Waals surface area (Å²) >= 11 is 6.26. The van der Waals surface area contributed by atoms with Crippen LogP contribution in [0.15, 0.2) is 55.5 Å². The number of nitrogens with zero attached hydrogens (tertiary/aromatic N) is 5. The van der Waals surface area contributed by atoms with Gasteiger partial charge in [0.1, 0.15) is 29.2 Å². The first-order valence-electron chi connectivity index (χ1n) is 11.3. The van der Waals surface area contributed by atoms with Crippen LogP contribution in [0.5, 0.6) is 0 Å². The fraction of sp³-hybridized carbons (Fsp3) is 0.231. The zero-order valence-corrected chi connectivity index (χ0v) is 19.4. The molecule has 0 saturated carbocycles. The number of pyridine rings is 1. The van der Waals surface area contributed by atoms with Crippen LogP contribution in [-0.2, 0) is 4.79 Å². The van der Waals surface area contributed by atoms with Gasteiger partial charge in [-0.25, -0.2) is 18.7 Å². The van der Waals surface area contributed by atoms with Crippen molar-refractivity contribution in [3.8, 4) is 11.3 Å². The minimum Gasteiger partial charge on any atom is -0.354 e. The normalized spacial score (nSPS) is 19.5. The van der Waals surface area contributed by atoms with Crippen LogP contribution in [0.3, 0.4) is 0 Å². The first-order chi connectivity index (χ1) is 16.9. The summed E-state index contributed by atoms with van der Waals surface area (Å²) < 4.78 is 30.1. The lowest BCUT2D eigenvalue weighted by atomic mass is 9.83. The van der Waals surface area contributed by atoms with Crippen LogP contribution in [0.4, 0.5) is 14.6 Å². The van der Waals surface area contributed by atoms with Gasteiger partial charge in [-0.3, -0.25) is 9.78 Å². The lowest BCUT2D eigenvalue weighted by molar-refractivity contribution is -0.140. The molecule has 0 bridgehead atoms. The number of hydrogen-bond acceptors (Lipinski definition) is 5. The Morgan fingerprint density at radius 3 is 2.71 bits per heavy atom. The lowest BCUT2D eigenvalue weighted by Gasteiger charge is -2.50. The Morgan fingerprint density at radius 2 is 1.94 bits per heavy atom. The number of benzene rings is 2. The fourth-order valence-electron chi connectivity index (χ4n) is 5.38. The number of hydrogen-bond donors (Lipinski definition) is 0. The van der Waals surface area contributed by atoms with Crippen LogP contribution in [0.1, 0.15) is 12.8 Å². The van der Waals surface area contributed by atoms with Crippen molar-refractivity contribution in [3.63, 3.8) is 0 Å². The Bertz CT molecular complexity index is 1540. The Labute approximate surface area is 204 Å². The van der Waals surface area contributed by atoms with Gasteiger partial charge in [0.25, 0.3) is 0 Å². The van der Waals surface area contributed by atoms with Gasteiger partial charge in [-0.15, -0.1) is 0 Å². The minimum absolute atomic E-state index is 0.0416. The molecule has 1 atom stereocenters. The molecule has 35 heavy (non-hydrogen) atoms. The van der Waals surface area contributed by atoms with Crippen LogP contribution in [0.25, 0.3) is 32.9 Å². The highest BCUT2D eigenvalue weighted by atomic mass is 35.5. The van der Waals surface area contributed by atoms with Crippen molar-refractivity contribution in [1.82, 2.24) is 19.9 Å². The molecule has 4 aromatic rings. The number of carbonyl (C=O) groups is 1. The molecule has 0 N–H and O–H groups in total. The molecule has 9 heteroatoms. The number of carbonyl (C=O) groups excluding carboxylic acids is 1. The molecule has 1 spiro atoms. The van der Waals surface area contributed by atoms with Gasteiger partial charge in [-0.1, -0.05) is 42.4 Å². The molecule has 2 aliphatic heterocycles. The SMILES string of the molecule is C=CC(=O)N1CCC12CCN(c1ncnc3c(F)c(-c4cccc5ccc(F)c(Cl)c45)ncc13)C2. The second-order valence-corrected chi connectivity index (χ2v) is 9.36. The summed E-state index contributed by atoms with van der Waals surface area (Å²) in [5, 5.41) is 1.47. The molecular weight excluding hydrogens is 472 g/mol. The van der Waals surface area contributed by atoms with Crippen LogP contribution < -0.4 is 4.90 Å². The van der Waals surface area contributed by atoms with E-state index in [9.17, 15) is 9.18 Å². The van der Waals surface area contributed by atoms with E-state index in [0.29, 0.717) is 47.2 Å². The van der Waals surface area contributed by atoms with Gasteiger partial charge < -0.3 is 9.80 Å². The number of anilines is 1. The van der Waals surface area contributed by atoms with E-state index in [-0.39, 0.29) is 27.7 Å². The maximum absolute atomic E-state index is 15.9. The van der Waals surface area contributed by atoms with Crippen LogP contribution in [0, 0.1) is 11.6 Å². The summed E-state index contributed by atoms with van der Waals surface area (Å²) in [7, 11) is 0. The molecule has 0 radical (unpaired) electrons. The third-order valence-corrected chi connectivity index (χ3v) is 7.61. The third kappa shape index (κ3) is 3.20. The highest BCUT2D eigenvalue weighted by Crippen LogP contribution is 2.42. The molecule has 4 heterocycles. The van der Waals surface area contributed by atoms with E-state index in [2.05, 4.69) is 26.4 Å². The van der Waals surface area contributed by atoms with E-state index >= 15 is 4.39 Å². The predicted molar refractivity (Wildman–Crippen MR) is 131 cm³/mol. The average Bonchev–Trinajstić information content (AvgIpc) is 3.33. The van der Waals surface area contributed by atoms with E-state index in [1.807, 2.05) is 4.90 Å². The first-order valence-corrected chi connectivity index (χ1v) is 11.7. The van der Waals surface area contributed by atoms with Gasteiger partial charge in [0, 0.05) is 36.8 Å². The summed E-state index contributed by atoms with van der Waals surface area (Å²) in [5.41, 5.74) is 0.302. The van der Waals surface area contributed by atoms with Gasteiger partial charge in [-0.05, 0) is 30.4 Å². The standard InChI is InChI=1S/C26H20ClF2N5O/c1-2-19(35)34-11-9-26(34)8-10-33(13-26)25-17-12-30-23(22(29)24(17)31-14-32-25)16-5-3-4-15-6-7-18(28)21(27)20(15)16/h2-7,12,14H,1,8-11,13H2. The molecule has 2 saturated heterocycles. The number of rotatable bonds is 3. The molecule has 2 aromatic carbocycles. The molecular formula is C26H20ClF2N5O. The predicted octanol–water partition coefficient (Wildman–Crippen LogP) is 5.14. The van der Waals surface area contributed by atoms with Crippen LogP contribution in [-0.4, -0.2) is 50.9 Å². The molecule has 1 amide bonds. The van der Waals surface area contributed by atoms with Gasteiger partial charge >= 0.3 is 0 Å². The second-order valence-electron chi connectivity index (χ2n) is 8.99. The van der Waals surface area contributed by atoms with E-state index in [1.165, 1.54) is 18.5 Å². The van der Waals surface area contributed by atoms with Crippen LogP contribution in [0.2, 0.25) is 5.02 Å². The zero-order chi connectivity index (χ0) is 24.3. The topological polar surface area (TPSA) is 62.2 Å². The zero-order valence-electron chi connectivity index (χ0n) is 18.6. The van der Waals surface area contributed by atoms with Crippen molar-refractivity contribution >= 4 is 45.0 Å². The lowest BCUT2D eigenvalue weighted by Crippen LogP contribution is -2.63. The van der Waals surface area contributed by atoms with Crippen molar-refractivity contribution < 1.29 is 13.6 Å². The number of aromatic nitrogens is 3. The molecule has 2 fully saturated rings. The van der Waals surface area contributed by atoms with Gasteiger partial charge in [0.15, 0.2) is 5.82 Å². The van der Waals surface area contributed by atoms with Crippen molar-refractivity contribution in [1.29, 1.82) is 0 Å². The average molecular weight is 492 g/mol. The number of halogens is 3. The Hall–Kier alpha value is -3.65. The maximum Gasteiger partial charge on any atom is 0.246 e. The van der Waals surface area contributed by atoms with Gasteiger partial charge in [-0.2, -0.15) is 0 Å². The molecule has 1 unspecified atom stereocenters. The smallest absolute Gasteiger partial charge is 0.246 e. The number of fused-ring (bicyclic) bond motifs is 2. The number of likely N-dealkylation sites (tertiary alicyclic amines) is 1. The van der Waals surface area contributed by atoms with Crippen molar-refractivity contribution in [2.45, 2.75) is 18.4 Å². The second kappa shape index (κ2) is 7.95. The van der Waals surface area contributed by atoms with Crippen molar-refractivity contribution in [3.05, 3.63) is 72.2 Å². The first kappa shape index (κ1) is 21.9. The Morgan fingerprint density at radius 1 is 1.11 bits per heavy atom. The molecule has 2 aliphatic rings.